The number of rotatable bonds is 5. The predicted octanol–water partition coefficient (Wildman–Crippen LogP) is 2.26. The summed E-state index contributed by atoms with van der Waals surface area (Å²) in [5, 5.41) is 14.8. The van der Waals surface area contributed by atoms with Crippen LogP contribution in [0, 0.1) is 5.92 Å². The van der Waals surface area contributed by atoms with Crippen molar-refractivity contribution < 1.29 is 0 Å². The highest BCUT2D eigenvalue weighted by molar-refractivity contribution is 5.51. The monoisotopic (exact) mass is 243 g/mol. The van der Waals surface area contributed by atoms with Crippen LogP contribution in [0.2, 0.25) is 0 Å². The lowest BCUT2D eigenvalue weighted by atomic mass is 10.1. The van der Waals surface area contributed by atoms with E-state index in [1.54, 1.807) is 11.0 Å². The van der Waals surface area contributed by atoms with Gasteiger partial charge in [0.25, 0.3) is 0 Å². The van der Waals surface area contributed by atoms with Gasteiger partial charge >= 0.3 is 0 Å². The third-order valence-corrected chi connectivity index (χ3v) is 3.44. The Morgan fingerprint density at radius 3 is 3.00 bits per heavy atom. The lowest BCUT2D eigenvalue weighted by Gasteiger charge is -2.18. The fourth-order valence-corrected chi connectivity index (χ4v) is 2.28. The van der Waals surface area contributed by atoms with E-state index in [2.05, 4.69) is 39.9 Å². The first kappa shape index (κ1) is 11.2. The van der Waals surface area contributed by atoms with E-state index < -0.39 is 0 Å². The Balaban J connectivity index is 1.78. The Kier molecular flexibility index (Phi) is 2.96. The fourth-order valence-electron chi connectivity index (χ4n) is 2.28. The zero-order valence-electron chi connectivity index (χ0n) is 10.5. The number of benzene rings is 1. The summed E-state index contributed by atoms with van der Waals surface area (Å²) in [4.78, 5) is 0. The van der Waals surface area contributed by atoms with Crippen LogP contribution in [0.25, 0.3) is 5.69 Å². The average molecular weight is 243 g/mol. The average Bonchev–Trinajstić information content (AvgIpc) is 3.10. The number of anilines is 1. The molecule has 5 heteroatoms. The van der Waals surface area contributed by atoms with Gasteiger partial charge in [-0.3, -0.25) is 0 Å². The third-order valence-electron chi connectivity index (χ3n) is 3.44. The van der Waals surface area contributed by atoms with E-state index in [-0.39, 0.29) is 0 Å². The van der Waals surface area contributed by atoms with Gasteiger partial charge in [-0.2, -0.15) is 0 Å². The van der Waals surface area contributed by atoms with Crippen LogP contribution in [-0.2, 0) is 0 Å². The second kappa shape index (κ2) is 4.76. The molecule has 0 spiro atoms. The zero-order valence-corrected chi connectivity index (χ0v) is 10.5. The molecule has 0 amide bonds. The minimum atomic E-state index is 0.592. The topological polar surface area (TPSA) is 55.6 Å². The number of tetrazole rings is 1. The van der Waals surface area contributed by atoms with Crippen molar-refractivity contribution in [3.05, 3.63) is 30.6 Å². The Morgan fingerprint density at radius 1 is 1.44 bits per heavy atom. The molecule has 3 rings (SSSR count). The molecule has 1 aromatic carbocycles. The molecule has 0 radical (unpaired) electrons. The minimum Gasteiger partial charge on any atom is -0.382 e. The van der Waals surface area contributed by atoms with Crippen LogP contribution in [0.15, 0.2) is 30.6 Å². The summed E-state index contributed by atoms with van der Waals surface area (Å²) in [6, 6.07) is 8.80. The highest BCUT2D eigenvalue weighted by Crippen LogP contribution is 2.35. The van der Waals surface area contributed by atoms with E-state index in [1.165, 1.54) is 19.3 Å². The van der Waals surface area contributed by atoms with Crippen molar-refractivity contribution in [2.75, 3.05) is 5.32 Å². The number of aromatic nitrogens is 4. The third kappa shape index (κ3) is 2.34. The number of hydrogen-bond donors (Lipinski definition) is 1. The first-order chi connectivity index (χ1) is 8.86. The summed E-state index contributed by atoms with van der Waals surface area (Å²) in [5.41, 5.74) is 2.12. The summed E-state index contributed by atoms with van der Waals surface area (Å²) in [6.07, 6.45) is 5.49. The molecule has 1 atom stereocenters. The highest BCUT2D eigenvalue weighted by Gasteiger charge is 2.29. The van der Waals surface area contributed by atoms with E-state index >= 15 is 0 Å². The maximum atomic E-state index is 3.90. The van der Waals surface area contributed by atoms with Crippen molar-refractivity contribution in [1.82, 2.24) is 20.2 Å². The van der Waals surface area contributed by atoms with Gasteiger partial charge in [0, 0.05) is 11.7 Å². The Bertz CT molecular complexity index is 504. The summed E-state index contributed by atoms with van der Waals surface area (Å²) in [6.45, 7) is 2.24. The fraction of sp³-hybridized carbons (Fsp3) is 0.462. The molecule has 1 heterocycles. The van der Waals surface area contributed by atoms with Crippen molar-refractivity contribution in [3.8, 4) is 5.69 Å². The van der Waals surface area contributed by atoms with E-state index in [4.69, 9.17) is 0 Å². The highest BCUT2D eigenvalue weighted by atomic mass is 15.5. The van der Waals surface area contributed by atoms with Crippen molar-refractivity contribution >= 4 is 5.69 Å². The Labute approximate surface area is 106 Å². The van der Waals surface area contributed by atoms with Gasteiger partial charge in [0.05, 0.1) is 5.69 Å². The van der Waals surface area contributed by atoms with Crippen molar-refractivity contribution in [2.45, 2.75) is 32.2 Å². The quantitative estimate of drug-likeness (QED) is 0.875. The van der Waals surface area contributed by atoms with Crippen LogP contribution < -0.4 is 5.32 Å². The van der Waals surface area contributed by atoms with Gasteiger partial charge in [0.15, 0.2) is 0 Å². The smallest absolute Gasteiger partial charge is 0.143 e. The normalized spacial score (nSPS) is 16.5. The molecule has 1 unspecified atom stereocenters. The first-order valence-electron chi connectivity index (χ1n) is 6.47. The van der Waals surface area contributed by atoms with E-state index in [0.29, 0.717) is 6.04 Å². The van der Waals surface area contributed by atoms with Crippen LogP contribution >= 0.6 is 0 Å². The van der Waals surface area contributed by atoms with Crippen molar-refractivity contribution in [3.63, 3.8) is 0 Å². The molecule has 1 aromatic heterocycles. The van der Waals surface area contributed by atoms with Gasteiger partial charge in [-0.05, 0) is 53.8 Å². The van der Waals surface area contributed by atoms with Gasteiger partial charge in [-0.25, -0.2) is 4.68 Å². The SMILES string of the molecule is CCC(Nc1cccc(-n2cnnn2)c1)C1CC1. The Hall–Kier alpha value is -1.91. The summed E-state index contributed by atoms with van der Waals surface area (Å²) >= 11 is 0. The number of nitrogens with zero attached hydrogens (tertiary/aromatic N) is 4. The molecule has 1 aliphatic rings. The van der Waals surface area contributed by atoms with E-state index in [1.807, 2.05) is 12.1 Å². The van der Waals surface area contributed by atoms with Gasteiger partial charge in [0.2, 0.25) is 0 Å². The lowest BCUT2D eigenvalue weighted by molar-refractivity contribution is 0.616. The summed E-state index contributed by atoms with van der Waals surface area (Å²) in [5.74, 6) is 0.853. The first-order valence-corrected chi connectivity index (χ1v) is 6.47. The lowest BCUT2D eigenvalue weighted by Crippen LogP contribution is -2.20. The predicted molar refractivity (Wildman–Crippen MR) is 69.6 cm³/mol. The van der Waals surface area contributed by atoms with Crippen molar-refractivity contribution in [2.24, 2.45) is 5.92 Å². The molecule has 0 saturated heterocycles. The van der Waals surface area contributed by atoms with E-state index in [9.17, 15) is 0 Å². The van der Waals surface area contributed by atoms with E-state index in [0.717, 1.165) is 17.3 Å². The molecule has 0 bridgehead atoms. The molecule has 1 N–H and O–H groups in total. The van der Waals surface area contributed by atoms with Crippen LogP contribution in [0.5, 0.6) is 0 Å². The van der Waals surface area contributed by atoms with Crippen LogP contribution in [-0.4, -0.2) is 26.2 Å². The molecular weight excluding hydrogens is 226 g/mol. The summed E-state index contributed by atoms with van der Waals surface area (Å²) in [7, 11) is 0. The molecule has 1 fully saturated rings. The van der Waals surface area contributed by atoms with Crippen molar-refractivity contribution in [1.29, 1.82) is 0 Å². The Morgan fingerprint density at radius 2 is 2.33 bits per heavy atom. The largest absolute Gasteiger partial charge is 0.382 e. The molecule has 18 heavy (non-hydrogen) atoms. The minimum absolute atomic E-state index is 0.592. The van der Waals surface area contributed by atoms with Gasteiger partial charge in [0.1, 0.15) is 6.33 Å². The van der Waals surface area contributed by atoms with Crippen LogP contribution in [0.3, 0.4) is 0 Å². The van der Waals surface area contributed by atoms with Crippen LogP contribution in [0.1, 0.15) is 26.2 Å². The van der Waals surface area contributed by atoms with Crippen LogP contribution in [0.4, 0.5) is 5.69 Å². The molecule has 2 aromatic rings. The molecule has 0 aliphatic heterocycles. The van der Waals surface area contributed by atoms with Gasteiger partial charge in [-0.15, -0.1) is 5.10 Å². The zero-order chi connectivity index (χ0) is 12.4. The second-order valence-corrected chi connectivity index (χ2v) is 4.80. The molecule has 94 valence electrons. The molecular formula is C13H17N5. The number of hydrogen-bond acceptors (Lipinski definition) is 4. The second-order valence-electron chi connectivity index (χ2n) is 4.80. The molecule has 1 aliphatic carbocycles. The maximum absolute atomic E-state index is 3.90. The van der Waals surface area contributed by atoms with Gasteiger partial charge in [-0.1, -0.05) is 13.0 Å². The molecule has 5 nitrogen and oxygen atoms in total. The summed E-state index contributed by atoms with van der Waals surface area (Å²) < 4.78 is 1.67. The maximum Gasteiger partial charge on any atom is 0.143 e. The van der Waals surface area contributed by atoms with Gasteiger partial charge < -0.3 is 5.32 Å². The number of nitrogens with one attached hydrogen (secondary N) is 1. The standard InChI is InChI=1S/C13H17N5/c1-2-13(10-6-7-10)15-11-4-3-5-12(8-11)18-9-14-16-17-18/h3-5,8-10,13,15H,2,6-7H2,1H3. The molecule has 1 saturated carbocycles.